The van der Waals surface area contributed by atoms with Crippen LogP contribution in [0.3, 0.4) is 0 Å². The largest absolute Gasteiger partial charge is 0.126 e. The molecular formula is C26H26Cl2OSiZr. The van der Waals surface area contributed by atoms with Gasteiger partial charge in [-0.05, 0) is 6.42 Å². The van der Waals surface area contributed by atoms with Gasteiger partial charge >= 0.3 is 37.9 Å². The quantitative estimate of drug-likeness (QED) is 0.177. The SMILES string of the molecule is C[Si]C.OCCc1cc2ccccc2[cH-]1.[Cl][Zr+2][Cl].c1ccc2c(c1)[cH-]c1ccccc12. The van der Waals surface area contributed by atoms with Gasteiger partial charge in [0.25, 0.3) is 0 Å². The van der Waals surface area contributed by atoms with E-state index in [4.69, 9.17) is 22.1 Å². The molecule has 5 rings (SSSR count). The van der Waals surface area contributed by atoms with Crippen molar-refractivity contribution in [2.75, 3.05) is 6.61 Å². The Kier molecular flexibility index (Phi) is 12.4. The van der Waals surface area contributed by atoms with Gasteiger partial charge in [0.05, 0.1) is 0 Å². The van der Waals surface area contributed by atoms with E-state index in [1.807, 2.05) is 12.1 Å². The van der Waals surface area contributed by atoms with E-state index >= 15 is 0 Å². The van der Waals surface area contributed by atoms with Gasteiger partial charge in [0.1, 0.15) is 0 Å². The Morgan fingerprint density at radius 2 is 1.23 bits per heavy atom. The number of halogens is 2. The minimum atomic E-state index is -0.826. The fraction of sp³-hybridized carbons (Fsp3) is 0.154. The Morgan fingerprint density at radius 1 is 0.774 bits per heavy atom. The Morgan fingerprint density at radius 3 is 1.71 bits per heavy atom. The fourth-order valence-corrected chi connectivity index (χ4v) is 3.39. The molecule has 0 spiro atoms. The van der Waals surface area contributed by atoms with E-state index in [9.17, 15) is 0 Å². The van der Waals surface area contributed by atoms with Crippen LogP contribution in [0.15, 0.2) is 91.0 Å². The van der Waals surface area contributed by atoms with Crippen LogP contribution < -0.4 is 0 Å². The summed E-state index contributed by atoms with van der Waals surface area (Å²) >= 11 is -0.826. The predicted octanol–water partition coefficient (Wildman–Crippen LogP) is 7.97. The van der Waals surface area contributed by atoms with Crippen molar-refractivity contribution < 1.29 is 26.0 Å². The topological polar surface area (TPSA) is 20.2 Å². The van der Waals surface area contributed by atoms with Crippen LogP contribution in [0.5, 0.6) is 0 Å². The van der Waals surface area contributed by atoms with Gasteiger partial charge in [-0.1, -0.05) is 55.6 Å². The summed E-state index contributed by atoms with van der Waals surface area (Å²) in [4.78, 5) is 0. The first-order chi connectivity index (χ1) is 15.2. The molecule has 2 radical (unpaired) electrons. The van der Waals surface area contributed by atoms with Crippen molar-refractivity contribution in [3.8, 4) is 0 Å². The normalized spacial score (nSPS) is 9.71. The van der Waals surface area contributed by atoms with Crippen molar-refractivity contribution >= 4 is 58.9 Å². The summed E-state index contributed by atoms with van der Waals surface area (Å²) < 4.78 is 0. The van der Waals surface area contributed by atoms with Gasteiger partial charge in [-0.25, -0.2) is 0 Å². The molecule has 0 aliphatic rings. The molecule has 158 valence electrons. The molecule has 31 heavy (non-hydrogen) atoms. The van der Waals surface area contributed by atoms with Crippen molar-refractivity contribution in [3.63, 3.8) is 0 Å². The summed E-state index contributed by atoms with van der Waals surface area (Å²) in [5, 5.41) is 16.7. The van der Waals surface area contributed by atoms with Gasteiger partial charge in [0.2, 0.25) is 0 Å². The third-order valence-electron chi connectivity index (χ3n) is 4.60. The maximum Gasteiger partial charge on any atom is -0.0771 e. The first-order valence-corrected chi connectivity index (χ1v) is 18.3. The van der Waals surface area contributed by atoms with Crippen LogP contribution in [-0.2, 0) is 27.3 Å². The maximum atomic E-state index is 8.74. The Bertz CT molecular complexity index is 1080. The van der Waals surface area contributed by atoms with Gasteiger partial charge < -0.3 is 5.11 Å². The summed E-state index contributed by atoms with van der Waals surface area (Å²) in [6.45, 7) is 4.54. The number of fused-ring (bicyclic) bond motifs is 4. The second-order valence-electron chi connectivity index (χ2n) is 6.86. The number of hydrogen-bond acceptors (Lipinski definition) is 1. The van der Waals surface area contributed by atoms with Crippen molar-refractivity contribution in [2.24, 2.45) is 0 Å². The van der Waals surface area contributed by atoms with Gasteiger partial charge in [-0.2, -0.15) is 6.07 Å². The molecule has 0 unspecified atom stereocenters. The second-order valence-corrected chi connectivity index (χ2v) is 11.6. The van der Waals surface area contributed by atoms with E-state index in [1.165, 1.54) is 37.9 Å². The molecule has 1 nitrogen and oxygen atoms in total. The molecule has 5 heteroatoms. The van der Waals surface area contributed by atoms with Crippen molar-refractivity contribution in [3.05, 3.63) is 96.6 Å². The Balaban J connectivity index is 0.000000177. The first-order valence-electron chi connectivity index (χ1n) is 10.0. The van der Waals surface area contributed by atoms with Crippen LogP contribution in [0.2, 0.25) is 13.1 Å². The smallest absolute Gasteiger partial charge is 0.0771 e. The summed E-state index contributed by atoms with van der Waals surface area (Å²) in [6.07, 6.45) is 0.759. The third-order valence-corrected chi connectivity index (χ3v) is 4.60. The van der Waals surface area contributed by atoms with Gasteiger partial charge in [0, 0.05) is 16.1 Å². The average molecular weight is 545 g/mol. The average Bonchev–Trinajstić information content (AvgIpc) is 3.36. The van der Waals surface area contributed by atoms with Gasteiger partial charge in [0.15, 0.2) is 0 Å². The van der Waals surface area contributed by atoms with E-state index in [0.717, 1.165) is 15.9 Å². The van der Waals surface area contributed by atoms with Crippen LogP contribution in [-0.4, -0.2) is 21.2 Å². The van der Waals surface area contributed by atoms with Gasteiger partial charge in [-0.15, -0.1) is 80.3 Å². The number of aliphatic hydroxyl groups excluding tert-OH is 1. The summed E-state index contributed by atoms with van der Waals surface area (Å²) in [7, 11) is 11.0. The minimum absolute atomic E-state index is 0.232. The van der Waals surface area contributed by atoms with E-state index < -0.39 is 20.8 Å². The fourth-order valence-electron chi connectivity index (χ4n) is 3.39. The molecule has 0 saturated heterocycles. The molecule has 0 heterocycles. The summed E-state index contributed by atoms with van der Waals surface area (Å²) in [5.41, 5.74) is 1.22. The molecule has 0 aromatic heterocycles. The van der Waals surface area contributed by atoms with Crippen LogP contribution in [0, 0.1) is 0 Å². The molecule has 5 aromatic rings. The van der Waals surface area contributed by atoms with Crippen LogP contribution in [0.25, 0.3) is 32.3 Å². The third kappa shape index (κ3) is 8.00. The van der Waals surface area contributed by atoms with E-state index in [2.05, 4.69) is 92.0 Å². The molecule has 0 saturated carbocycles. The predicted molar refractivity (Wildman–Crippen MR) is 137 cm³/mol. The zero-order valence-electron chi connectivity index (χ0n) is 17.8. The molecule has 0 fully saturated rings. The number of aliphatic hydroxyl groups is 1. The van der Waals surface area contributed by atoms with Crippen LogP contribution >= 0.6 is 17.0 Å². The Labute approximate surface area is 206 Å². The second kappa shape index (κ2) is 14.8. The zero-order chi connectivity index (χ0) is 22.5. The van der Waals surface area contributed by atoms with Crippen LogP contribution in [0.4, 0.5) is 0 Å². The monoisotopic (exact) mass is 542 g/mol. The standard InChI is InChI=1S/C13H9.C11H11O.C2H6Si.2ClH.Zr/c1-3-7-12-10(5-1)9-11-6-2-4-8-13(11)12;12-6-5-9-7-10-3-1-2-4-11(10)8-9;1-3-2;;;/h1-9H;1-4,7-8,12H,5-6H2;1-2H3;2*1H;/q2*-1;;;;+4/p-2. The van der Waals surface area contributed by atoms with E-state index in [1.54, 1.807) is 0 Å². The van der Waals surface area contributed by atoms with Crippen molar-refractivity contribution in [1.82, 2.24) is 0 Å². The Hall–Kier alpha value is -1.22. The molecule has 1 N–H and O–H groups in total. The summed E-state index contributed by atoms with van der Waals surface area (Å²) in [6, 6.07) is 31.8. The molecule has 0 amide bonds. The molecule has 0 aliphatic heterocycles. The number of benzene rings is 3. The molecule has 0 bridgehead atoms. The summed E-state index contributed by atoms with van der Waals surface area (Å²) in [5.74, 6) is 0. The van der Waals surface area contributed by atoms with Crippen molar-refractivity contribution in [2.45, 2.75) is 19.5 Å². The first kappa shape index (κ1) is 26.0. The number of hydrogen-bond donors (Lipinski definition) is 1. The van der Waals surface area contributed by atoms with Crippen molar-refractivity contribution in [1.29, 1.82) is 0 Å². The molecule has 5 aromatic carbocycles. The zero-order valence-corrected chi connectivity index (χ0v) is 22.7. The molecular weight excluding hydrogens is 519 g/mol. The van der Waals surface area contributed by atoms with E-state index in [-0.39, 0.29) is 6.61 Å². The van der Waals surface area contributed by atoms with Crippen LogP contribution in [0.1, 0.15) is 5.56 Å². The maximum absolute atomic E-state index is 8.74. The van der Waals surface area contributed by atoms with Gasteiger partial charge in [-0.3, -0.25) is 0 Å². The minimum Gasteiger partial charge on any atom is -0.126 e. The molecule has 0 aliphatic carbocycles. The number of rotatable bonds is 2. The molecule has 0 atom stereocenters. The van der Waals surface area contributed by atoms with E-state index in [0.29, 0.717) is 0 Å².